The maximum atomic E-state index is 6.34. The SMILES string of the molecule is COCC1(C)Oc2ccccc2C(c2cnc(C)c(C)c2)=NC1C. The monoisotopic (exact) mass is 324 g/mol. The molecule has 24 heavy (non-hydrogen) atoms. The summed E-state index contributed by atoms with van der Waals surface area (Å²) in [4.78, 5) is 9.51. The lowest BCUT2D eigenvalue weighted by Gasteiger charge is -2.32. The van der Waals surface area contributed by atoms with E-state index in [-0.39, 0.29) is 6.04 Å². The number of aromatic nitrogens is 1. The van der Waals surface area contributed by atoms with Crippen molar-refractivity contribution in [2.24, 2.45) is 4.99 Å². The van der Waals surface area contributed by atoms with Gasteiger partial charge in [0.15, 0.2) is 5.60 Å². The topological polar surface area (TPSA) is 43.7 Å². The number of ether oxygens (including phenoxy) is 2. The molecule has 1 aliphatic rings. The molecular weight excluding hydrogens is 300 g/mol. The molecule has 0 amide bonds. The Morgan fingerprint density at radius 3 is 2.71 bits per heavy atom. The minimum atomic E-state index is -0.514. The highest BCUT2D eigenvalue weighted by Gasteiger charge is 2.37. The van der Waals surface area contributed by atoms with Crippen LogP contribution in [0.1, 0.15) is 36.2 Å². The van der Waals surface area contributed by atoms with Gasteiger partial charge in [-0.2, -0.15) is 0 Å². The molecule has 0 radical (unpaired) electrons. The Morgan fingerprint density at radius 1 is 1.25 bits per heavy atom. The van der Waals surface area contributed by atoms with Crippen molar-refractivity contribution < 1.29 is 9.47 Å². The van der Waals surface area contributed by atoms with E-state index < -0.39 is 5.60 Å². The number of aliphatic imine (C=N–C) groups is 1. The molecule has 0 spiro atoms. The van der Waals surface area contributed by atoms with Crippen LogP contribution in [0.4, 0.5) is 0 Å². The fourth-order valence-corrected chi connectivity index (χ4v) is 2.93. The molecule has 4 nitrogen and oxygen atoms in total. The van der Waals surface area contributed by atoms with Gasteiger partial charge in [0.25, 0.3) is 0 Å². The van der Waals surface area contributed by atoms with Gasteiger partial charge in [0, 0.05) is 30.1 Å². The van der Waals surface area contributed by atoms with Gasteiger partial charge in [-0.05, 0) is 51.5 Å². The second-order valence-electron chi connectivity index (χ2n) is 6.62. The van der Waals surface area contributed by atoms with Gasteiger partial charge in [0.1, 0.15) is 5.75 Å². The predicted octanol–water partition coefficient (Wildman–Crippen LogP) is 3.72. The predicted molar refractivity (Wildman–Crippen MR) is 96.2 cm³/mol. The van der Waals surface area contributed by atoms with E-state index in [9.17, 15) is 0 Å². The third kappa shape index (κ3) is 2.94. The summed E-state index contributed by atoms with van der Waals surface area (Å²) in [5.74, 6) is 0.832. The molecule has 2 atom stereocenters. The second kappa shape index (κ2) is 6.36. The van der Waals surface area contributed by atoms with Crippen LogP contribution in [0.3, 0.4) is 0 Å². The molecule has 0 aliphatic carbocycles. The molecule has 4 heteroatoms. The van der Waals surface area contributed by atoms with Crippen LogP contribution >= 0.6 is 0 Å². The zero-order valence-electron chi connectivity index (χ0n) is 15.0. The number of fused-ring (bicyclic) bond motifs is 1. The highest BCUT2D eigenvalue weighted by atomic mass is 16.5. The molecule has 2 unspecified atom stereocenters. The van der Waals surface area contributed by atoms with Crippen molar-refractivity contribution in [3.63, 3.8) is 0 Å². The fraction of sp³-hybridized carbons (Fsp3) is 0.400. The molecular formula is C20H24N2O2. The van der Waals surface area contributed by atoms with Crippen molar-refractivity contribution in [3.05, 3.63) is 58.9 Å². The van der Waals surface area contributed by atoms with Gasteiger partial charge in [-0.1, -0.05) is 12.1 Å². The smallest absolute Gasteiger partial charge is 0.151 e. The normalized spacial score (nSPS) is 23.0. The van der Waals surface area contributed by atoms with Crippen LogP contribution in [0, 0.1) is 13.8 Å². The first-order valence-electron chi connectivity index (χ1n) is 8.23. The summed E-state index contributed by atoms with van der Waals surface area (Å²) in [7, 11) is 1.69. The van der Waals surface area contributed by atoms with E-state index in [1.807, 2.05) is 38.2 Å². The lowest BCUT2D eigenvalue weighted by Crippen LogP contribution is -2.46. The second-order valence-corrected chi connectivity index (χ2v) is 6.62. The van der Waals surface area contributed by atoms with Crippen molar-refractivity contribution in [1.82, 2.24) is 4.98 Å². The quantitative estimate of drug-likeness (QED) is 0.864. The van der Waals surface area contributed by atoms with Gasteiger partial charge in [-0.3, -0.25) is 9.98 Å². The highest BCUT2D eigenvalue weighted by Crippen LogP contribution is 2.33. The summed E-state index contributed by atoms with van der Waals surface area (Å²) >= 11 is 0. The molecule has 0 saturated carbocycles. The van der Waals surface area contributed by atoms with Crippen LogP contribution in [0.25, 0.3) is 0 Å². The van der Waals surface area contributed by atoms with Crippen molar-refractivity contribution in [2.75, 3.05) is 13.7 Å². The average Bonchev–Trinajstić information content (AvgIpc) is 2.66. The summed E-state index contributed by atoms with van der Waals surface area (Å²) < 4.78 is 11.7. The number of benzene rings is 1. The minimum absolute atomic E-state index is 0.0542. The largest absolute Gasteiger partial charge is 0.482 e. The fourth-order valence-electron chi connectivity index (χ4n) is 2.93. The van der Waals surface area contributed by atoms with Crippen LogP contribution < -0.4 is 4.74 Å². The Kier molecular flexibility index (Phi) is 4.41. The zero-order chi connectivity index (χ0) is 17.3. The standard InChI is InChI=1S/C20H24N2O2/c1-13-10-16(11-21-14(13)2)19-17-8-6-7-9-18(17)24-20(4,12-23-5)15(3)22-19/h6-11,15H,12H2,1-5H3. The van der Waals surface area contributed by atoms with Crippen LogP contribution in [0.15, 0.2) is 41.5 Å². The first-order chi connectivity index (χ1) is 11.4. The third-order valence-electron chi connectivity index (χ3n) is 4.74. The van der Waals surface area contributed by atoms with Gasteiger partial charge < -0.3 is 9.47 Å². The number of methoxy groups -OCH3 is 1. The Balaban J connectivity index is 2.18. The average molecular weight is 324 g/mol. The number of para-hydroxylation sites is 1. The van der Waals surface area contributed by atoms with Crippen molar-refractivity contribution in [3.8, 4) is 5.75 Å². The van der Waals surface area contributed by atoms with Crippen LogP contribution in [-0.2, 0) is 4.74 Å². The van der Waals surface area contributed by atoms with Crippen molar-refractivity contribution in [2.45, 2.75) is 39.3 Å². The molecule has 3 rings (SSSR count). The number of rotatable bonds is 3. The minimum Gasteiger partial charge on any atom is -0.482 e. The molecule has 1 aromatic heterocycles. The van der Waals surface area contributed by atoms with Gasteiger partial charge in [-0.25, -0.2) is 0 Å². The number of hydrogen-bond donors (Lipinski definition) is 0. The first kappa shape index (κ1) is 16.7. The summed E-state index contributed by atoms with van der Waals surface area (Å²) in [6.45, 7) is 8.68. The number of hydrogen-bond acceptors (Lipinski definition) is 4. The molecule has 0 fully saturated rings. The lowest BCUT2D eigenvalue weighted by molar-refractivity contribution is -0.00874. The van der Waals surface area contributed by atoms with E-state index in [0.717, 1.165) is 33.8 Å². The van der Waals surface area contributed by atoms with Crippen LogP contribution in [0.5, 0.6) is 5.75 Å². The van der Waals surface area contributed by atoms with Gasteiger partial charge in [0.2, 0.25) is 0 Å². The third-order valence-corrected chi connectivity index (χ3v) is 4.74. The van der Waals surface area contributed by atoms with Crippen molar-refractivity contribution >= 4 is 5.71 Å². The highest BCUT2D eigenvalue weighted by molar-refractivity contribution is 6.14. The first-order valence-corrected chi connectivity index (χ1v) is 8.23. The number of pyridine rings is 1. The summed E-state index contributed by atoms with van der Waals surface area (Å²) in [6, 6.07) is 10.1. The van der Waals surface area contributed by atoms with E-state index in [0.29, 0.717) is 6.61 Å². The molecule has 0 bridgehead atoms. The molecule has 1 aliphatic heterocycles. The lowest BCUT2D eigenvalue weighted by atomic mass is 9.98. The molecule has 126 valence electrons. The Bertz CT molecular complexity index is 785. The Labute approximate surface area is 143 Å². The van der Waals surface area contributed by atoms with E-state index in [1.54, 1.807) is 7.11 Å². The molecule has 0 N–H and O–H groups in total. The van der Waals surface area contributed by atoms with Gasteiger partial charge in [-0.15, -0.1) is 0 Å². The van der Waals surface area contributed by atoms with E-state index >= 15 is 0 Å². The maximum absolute atomic E-state index is 6.34. The van der Waals surface area contributed by atoms with E-state index in [1.165, 1.54) is 0 Å². The number of nitrogens with zero attached hydrogens (tertiary/aromatic N) is 2. The molecule has 2 aromatic rings. The van der Waals surface area contributed by atoms with E-state index in [4.69, 9.17) is 14.5 Å². The Hall–Kier alpha value is -2.20. The molecule has 2 heterocycles. The van der Waals surface area contributed by atoms with Gasteiger partial charge >= 0.3 is 0 Å². The number of aryl methyl sites for hydroxylation is 2. The summed E-state index contributed by atoms with van der Waals surface area (Å²) in [6.07, 6.45) is 1.89. The molecule has 0 saturated heterocycles. The van der Waals surface area contributed by atoms with Crippen molar-refractivity contribution in [1.29, 1.82) is 0 Å². The molecule has 1 aromatic carbocycles. The maximum Gasteiger partial charge on any atom is 0.151 e. The van der Waals surface area contributed by atoms with Crippen LogP contribution in [-0.4, -0.2) is 36.1 Å². The Morgan fingerprint density at radius 2 is 2.00 bits per heavy atom. The summed E-state index contributed by atoms with van der Waals surface area (Å²) in [5, 5.41) is 0. The van der Waals surface area contributed by atoms with Gasteiger partial charge in [0.05, 0.1) is 18.4 Å². The van der Waals surface area contributed by atoms with Crippen LogP contribution in [0.2, 0.25) is 0 Å². The summed E-state index contributed by atoms with van der Waals surface area (Å²) in [5.41, 5.74) is 4.62. The zero-order valence-corrected chi connectivity index (χ0v) is 15.0. The van der Waals surface area contributed by atoms with E-state index in [2.05, 4.69) is 31.0 Å².